The van der Waals surface area contributed by atoms with Crippen LogP contribution in [0.2, 0.25) is 0 Å². The summed E-state index contributed by atoms with van der Waals surface area (Å²) < 4.78 is 10.6. The van der Waals surface area contributed by atoms with Crippen molar-refractivity contribution in [2.75, 3.05) is 40.4 Å². The molecule has 1 amide bonds. The average Bonchev–Trinajstić information content (AvgIpc) is 3.30. The molecule has 0 aromatic heterocycles. The second-order valence-corrected chi connectivity index (χ2v) is 7.80. The van der Waals surface area contributed by atoms with E-state index in [1.165, 1.54) is 25.7 Å². The molecule has 5 nitrogen and oxygen atoms in total. The number of nitrogens with one attached hydrogen (secondary N) is 1. The Morgan fingerprint density at radius 2 is 1.84 bits per heavy atom. The summed E-state index contributed by atoms with van der Waals surface area (Å²) in [5, 5.41) is 0. The van der Waals surface area contributed by atoms with E-state index in [1.54, 1.807) is 25.2 Å². The largest absolute Gasteiger partial charge is 0.493 e. The Balaban J connectivity index is 1.38. The van der Waals surface area contributed by atoms with Crippen LogP contribution in [-0.2, 0) is 0 Å². The van der Waals surface area contributed by atoms with Crippen molar-refractivity contribution in [2.45, 2.75) is 31.7 Å². The number of rotatable bonds is 4. The third-order valence-electron chi connectivity index (χ3n) is 6.59. The van der Waals surface area contributed by atoms with E-state index in [4.69, 9.17) is 9.47 Å². The Labute approximate surface area is 149 Å². The minimum absolute atomic E-state index is 0.105. The molecule has 3 aliphatic rings. The van der Waals surface area contributed by atoms with E-state index < -0.39 is 0 Å². The zero-order valence-electron chi connectivity index (χ0n) is 15.3. The second kappa shape index (κ2) is 6.87. The number of amides is 1. The van der Waals surface area contributed by atoms with E-state index in [2.05, 4.69) is 0 Å². The number of benzene rings is 1. The molecule has 136 valence electrons. The molecule has 2 saturated carbocycles. The zero-order valence-corrected chi connectivity index (χ0v) is 15.3. The van der Waals surface area contributed by atoms with Gasteiger partial charge in [-0.25, -0.2) is 0 Å². The molecule has 5 heteroatoms. The Bertz CT molecular complexity index is 640. The van der Waals surface area contributed by atoms with Crippen molar-refractivity contribution in [1.82, 2.24) is 4.90 Å². The van der Waals surface area contributed by atoms with Crippen LogP contribution < -0.4 is 14.4 Å². The van der Waals surface area contributed by atoms with Gasteiger partial charge in [0, 0.05) is 17.9 Å². The van der Waals surface area contributed by atoms with Gasteiger partial charge in [-0.15, -0.1) is 0 Å². The summed E-state index contributed by atoms with van der Waals surface area (Å²) in [7, 11) is 3.21. The Morgan fingerprint density at radius 1 is 1.08 bits per heavy atom. The summed E-state index contributed by atoms with van der Waals surface area (Å²) in [5.74, 6) is 3.32. The summed E-state index contributed by atoms with van der Waals surface area (Å²) in [6.07, 6.45) is 5.78. The van der Waals surface area contributed by atoms with Gasteiger partial charge >= 0.3 is 0 Å². The maximum Gasteiger partial charge on any atom is 0.254 e. The first-order valence-electron chi connectivity index (χ1n) is 9.55. The van der Waals surface area contributed by atoms with E-state index in [0.717, 1.165) is 44.1 Å². The summed E-state index contributed by atoms with van der Waals surface area (Å²) in [6.45, 7) is 3.90. The lowest BCUT2D eigenvalue weighted by Gasteiger charge is -2.38. The van der Waals surface area contributed by atoms with Gasteiger partial charge < -0.3 is 19.3 Å². The lowest BCUT2D eigenvalue weighted by atomic mass is 9.93. The average molecular weight is 345 g/mol. The van der Waals surface area contributed by atoms with Crippen LogP contribution in [-0.4, -0.2) is 57.2 Å². The van der Waals surface area contributed by atoms with Gasteiger partial charge in [0.2, 0.25) is 0 Å². The molecule has 0 unspecified atom stereocenters. The van der Waals surface area contributed by atoms with Gasteiger partial charge in [-0.2, -0.15) is 0 Å². The predicted octanol–water partition coefficient (Wildman–Crippen LogP) is 1.23. The quantitative estimate of drug-likeness (QED) is 0.893. The van der Waals surface area contributed by atoms with Gasteiger partial charge in [0.25, 0.3) is 5.91 Å². The Kier molecular flexibility index (Phi) is 4.59. The molecule has 2 bridgehead atoms. The van der Waals surface area contributed by atoms with E-state index >= 15 is 0 Å². The van der Waals surface area contributed by atoms with Crippen LogP contribution in [0.1, 0.15) is 36.0 Å². The standard InChI is InChI=1S/C20H28N2O3/c1-24-18-6-5-16(13-19(18)25-2)20(23)22-9-7-21(8-10-22)17-12-14-3-4-15(17)11-14/h5-6,13-15,17H,3-4,7-12H2,1-2H3/p+1/t14-,15+,17-/m0/s1. The molecule has 1 N–H and O–H groups in total. The van der Waals surface area contributed by atoms with Crippen LogP contribution in [0.4, 0.5) is 0 Å². The molecular weight excluding hydrogens is 316 g/mol. The first kappa shape index (κ1) is 16.7. The number of hydrogen-bond donors (Lipinski definition) is 1. The topological polar surface area (TPSA) is 43.2 Å². The number of piperazine rings is 1. The summed E-state index contributed by atoms with van der Waals surface area (Å²) >= 11 is 0. The fourth-order valence-electron chi connectivity index (χ4n) is 5.26. The fourth-order valence-corrected chi connectivity index (χ4v) is 5.26. The molecule has 0 spiro atoms. The number of methoxy groups -OCH3 is 2. The summed E-state index contributed by atoms with van der Waals surface area (Å²) in [5.41, 5.74) is 0.682. The van der Waals surface area contributed by atoms with Crippen LogP contribution in [0.3, 0.4) is 0 Å². The summed E-state index contributed by atoms with van der Waals surface area (Å²) in [6, 6.07) is 6.29. The lowest BCUT2D eigenvalue weighted by molar-refractivity contribution is -0.932. The van der Waals surface area contributed by atoms with Crippen molar-refractivity contribution in [2.24, 2.45) is 11.8 Å². The molecule has 3 fully saturated rings. The molecule has 3 atom stereocenters. The number of ether oxygens (including phenoxy) is 2. The van der Waals surface area contributed by atoms with Gasteiger partial charge in [-0.3, -0.25) is 4.79 Å². The third kappa shape index (κ3) is 3.10. The van der Waals surface area contributed by atoms with E-state index in [1.807, 2.05) is 17.0 Å². The Morgan fingerprint density at radius 3 is 2.44 bits per heavy atom. The molecule has 1 aromatic carbocycles. The molecule has 4 rings (SSSR count). The van der Waals surface area contributed by atoms with E-state index in [9.17, 15) is 4.79 Å². The second-order valence-electron chi connectivity index (χ2n) is 7.80. The predicted molar refractivity (Wildman–Crippen MR) is 95.4 cm³/mol. The van der Waals surface area contributed by atoms with Crippen LogP contribution in [0.15, 0.2) is 18.2 Å². The van der Waals surface area contributed by atoms with Gasteiger partial charge in [-0.1, -0.05) is 0 Å². The monoisotopic (exact) mass is 345 g/mol. The van der Waals surface area contributed by atoms with E-state index in [0.29, 0.717) is 17.1 Å². The van der Waals surface area contributed by atoms with Crippen molar-refractivity contribution in [3.8, 4) is 11.5 Å². The number of nitrogens with zero attached hydrogens (tertiary/aromatic N) is 1. The molecule has 25 heavy (non-hydrogen) atoms. The van der Waals surface area contributed by atoms with Crippen molar-refractivity contribution < 1.29 is 19.2 Å². The van der Waals surface area contributed by atoms with Crippen LogP contribution in [0.5, 0.6) is 11.5 Å². The summed E-state index contributed by atoms with van der Waals surface area (Å²) in [4.78, 5) is 16.6. The number of fused-ring (bicyclic) bond motifs is 2. The maximum absolute atomic E-state index is 12.8. The van der Waals surface area contributed by atoms with Gasteiger partial charge in [-0.05, 0) is 43.4 Å². The SMILES string of the molecule is COc1ccc(C(=O)N2CC[NH+]([C@H]3C[C@H]4CC[C@@H]3C4)CC2)cc1OC. The minimum Gasteiger partial charge on any atom is -0.493 e. The molecule has 1 aromatic rings. The minimum atomic E-state index is 0.105. The molecule has 0 radical (unpaired) electrons. The highest BCUT2D eigenvalue weighted by Gasteiger charge is 2.45. The van der Waals surface area contributed by atoms with Crippen LogP contribution in [0.25, 0.3) is 0 Å². The third-order valence-corrected chi connectivity index (χ3v) is 6.59. The van der Waals surface area contributed by atoms with E-state index in [-0.39, 0.29) is 5.91 Å². The number of carbonyl (C=O) groups excluding carboxylic acids is 1. The molecule has 2 aliphatic carbocycles. The van der Waals surface area contributed by atoms with Crippen molar-refractivity contribution in [3.05, 3.63) is 23.8 Å². The molecular formula is C20H29N2O3+. The number of carbonyl (C=O) groups is 1. The first-order chi connectivity index (χ1) is 12.2. The highest BCUT2D eigenvalue weighted by Crippen LogP contribution is 2.43. The molecule has 1 aliphatic heterocycles. The van der Waals surface area contributed by atoms with Crippen molar-refractivity contribution >= 4 is 5.91 Å². The van der Waals surface area contributed by atoms with Gasteiger partial charge in [0.1, 0.15) is 0 Å². The Hall–Kier alpha value is -1.75. The van der Waals surface area contributed by atoms with Crippen LogP contribution in [0, 0.1) is 11.8 Å². The highest BCUT2D eigenvalue weighted by molar-refractivity contribution is 5.95. The molecule has 1 heterocycles. The normalized spacial score (nSPS) is 29.0. The van der Waals surface area contributed by atoms with Crippen molar-refractivity contribution in [3.63, 3.8) is 0 Å². The van der Waals surface area contributed by atoms with Crippen LogP contribution >= 0.6 is 0 Å². The van der Waals surface area contributed by atoms with Crippen molar-refractivity contribution in [1.29, 1.82) is 0 Å². The highest BCUT2D eigenvalue weighted by atomic mass is 16.5. The smallest absolute Gasteiger partial charge is 0.254 e. The van der Waals surface area contributed by atoms with Gasteiger partial charge in [0.05, 0.1) is 46.4 Å². The van der Waals surface area contributed by atoms with Gasteiger partial charge in [0.15, 0.2) is 11.5 Å². The number of hydrogen-bond acceptors (Lipinski definition) is 3. The number of quaternary nitrogens is 1. The zero-order chi connectivity index (χ0) is 17.4. The molecule has 1 saturated heterocycles. The maximum atomic E-state index is 12.8. The lowest BCUT2D eigenvalue weighted by Crippen LogP contribution is -3.18. The first-order valence-corrected chi connectivity index (χ1v) is 9.55. The fraction of sp³-hybridized carbons (Fsp3) is 0.650.